The second kappa shape index (κ2) is 6.22. The number of methoxy groups -OCH3 is 1. The summed E-state index contributed by atoms with van der Waals surface area (Å²) in [5.74, 6) is 0.872. The van der Waals surface area contributed by atoms with Crippen LogP contribution in [0.15, 0.2) is 0 Å². The SMILES string of the molecule is CCn1nnc2c1CCN(CC1CCCC1)C2COC. The van der Waals surface area contributed by atoms with Crippen LogP contribution in [0.3, 0.4) is 0 Å². The van der Waals surface area contributed by atoms with Crippen LogP contribution in [-0.2, 0) is 17.7 Å². The van der Waals surface area contributed by atoms with Crippen LogP contribution < -0.4 is 0 Å². The highest BCUT2D eigenvalue weighted by Crippen LogP contribution is 2.32. The molecule has 1 unspecified atom stereocenters. The van der Waals surface area contributed by atoms with Crippen LogP contribution >= 0.6 is 0 Å². The van der Waals surface area contributed by atoms with Crippen LogP contribution in [0.25, 0.3) is 0 Å². The van der Waals surface area contributed by atoms with Crippen molar-refractivity contribution in [2.45, 2.75) is 51.6 Å². The number of hydrogen-bond acceptors (Lipinski definition) is 4. The molecule has 0 N–H and O–H groups in total. The van der Waals surface area contributed by atoms with Gasteiger partial charge in [-0.2, -0.15) is 0 Å². The Labute approximate surface area is 121 Å². The zero-order chi connectivity index (χ0) is 13.9. The van der Waals surface area contributed by atoms with E-state index in [0.29, 0.717) is 6.04 Å². The summed E-state index contributed by atoms with van der Waals surface area (Å²) >= 11 is 0. The van der Waals surface area contributed by atoms with Gasteiger partial charge in [0.15, 0.2) is 0 Å². The molecule has 0 radical (unpaired) electrons. The first-order valence-electron chi connectivity index (χ1n) is 7.98. The van der Waals surface area contributed by atoms with Gasteiger partial charge in [-0.3, -0.25) is 4.90 Å². The van der Waals surface area contributed by atoms with E-state index < -0.39 is 0 Å². The minimum atomic E-state index is 0.296. The first kappa shape index (κ1) is 14.0. The Bertz CT molecular complexity index is 439. The standard InChI is InChI=1S/C15H26N4O/c1-3-19-13-8-9-18(10-12-6-4-5-7-12)14(11-20-2)15(13)16-17-19/h12,14H,3-11H2,1-2H3. The van der Waals surface area contributed by atoms with Gasteiger partial charge in [-0.1, -0.05) is 18.1 Å². The zero-order valence-electron chi connectivity index (χ0n) is 12.7. The van der Waals surface area contributed by atoms with Crippen LogP contribution in [-0.4, -0.2) is 46.7 Å². The molecule has 1 aliphatic heterocycles. The fourth-order valence-corrected chi connectivity index (χ4v) is 3.78. The minimum absolute atomic E-state index is 0.296. The van der Waals surface area contributed by atoms with Crippen molar-refractivity contribution in [2.24, 2.45) is 5.92 Å². The lowest BCUT2D eigenvalue weighted by molar-refractivity contribution is 0.0693. The van der Waals surface area contributed by atoms with Crippen LogP contribution in [0.4, 0.5) is 0 Å². The van der Waals surface area contributed by atoms with Crippen molar-refractivity contribution in [3.05, 3.63) is 11.4 Å². The van der Waals surface area contributed by atoms with E-state index in [0.717, 1.165) is 37.7 Å². The maximum Gasteiger partial charge on any atom is 0.105 e. The molecule has 0 saturated heterocycles. The maximum absolute atomic E-state index is 5.46. The van der Waals surface area contributed by atoms with Gasteiger partial charge in [0.2, 0.25) is 0 Å². The molecule has 5 heteroatoms. The predicted molar refractivity (Wildman–Crippen MR) is 77.5 cm³/mol. The highest BCUT2D eigenvalue weighted by atomic mass is 16.5. The summed E-state index contributed by atoms with van der Waals surface area (Å²) in [6, 6.07) is 0.296. The van der Waals surface area contributed by atoms with Crippen molar-refractivity contribution in [3.8, 4) is 0 Å². The van der Waals surface area contributed by atoms with Crippen LogP contribution in [0, 0.1) is 5.92 Å². The maximum atomic E-state index is 5.46. The molecule has 1 atom stereocenters. The lowest BCUT2D eigenvalue weighted by atomic mass is 9.99. The van der Waals surface area contributed by atoms with Crippen molar-refractivity contribution < 1.29 is 4.74 Å². The fraction of sp³-hybridized carbons (Fsp3) is 0.867. The summed E-state index contributed by atoms with van der Waals surface area (Å²) in [5.41, 5.74) is 2.47. The third-order valence-corrected chi connectivity index (χ3v) is 4.85. The number of aryl methyl sites for hydroxylation is 1. The topological polar surface area (TPSA) is 43.2 Å². The first-order chi connectivity index (χ1) is 9.83. The fourth-order valence-electron chi connectivity index (χ4n) is 3.78. The number of nitrogens with zero attached hydrogens (tertiary/aromatic N) is 4. The third-order valence-electron chi connectivity index (χ3n) is 4.85. The summed E-state index contributed by atoms with van der Waals surface area (Å²) in [6.07, 6.45) is 6.67. The summed E-state index contributed by atoms with van der Waals surface area (Å²) < 4.78 is 7.50. The van der Waals surface area contributed by atoms with Gasteiger partial charge in [-0.15, -0.1) is 5.10 Å². The van der Waals surface area contributed by atoms with Gasteiger partial charge in [-0.05, 0) is 25.7 Å². The van der Waals surface area contributed by atoms with Crippen molar-refractivity contribution in [3.63, 3.8) is 0 Å². The Morgan fingerprint density at radius 3 is 2.80 bits per heavy atom. The molecule has 3 rings (SSSR count). The van der Waals surface area contributed by atoms with Gasteiger partial charge in [-0.25, -0.2) is 4.68 Å². The van der Waals surface area contributed by atoms with Gasteiger partial charge in [0, 0.05) is 33.2 Å². The van der Waals surface area contributed by atoms with E-state index in [1.54, 1.807) is 7.11 Å². The Morgan fingerprint density at radius 2 is 2.10 bits per heavy atom. The highest BCUT2D eigenvalue weighted by molar-refractivity contribution is 5.19. The second-order valence-electron chi connectivity index (χ2n) is 6.10. The van der Waals surface area contributed by atoms with Crippen LogP contribution in [0.2, 0.25) is 0 Å². The number of rotatable bonds is 5. The van der Waals surface area contributed by atoms with Crippen LogP contribution in [0.1, 0.15) is 50.0 Å². The molecule has 0 spiro atoms. The van der Waals surface area contributed by atoms with Crippen LogP contribution in [0.5, 0.6) is 0 Å². The molecule has 0 amide bonds. The molecule has 5 nitrogen and oxygen atoms in total. The average Bonchev–Trinajstić information content (AvgIpc) is 3.10. The summed E-state index contributed by atoms with van der Waals surface area (Å²) in [7, 11) is 1.78. The average molecular weight is 278 g/mol. The van der Waals surface area contributed by atoms with Crippen molar-refractivity contribution in [2.75, 3.05) is 26.8 Å². The minimum Gasteiger partial charge on any atom is -0.383 e. The summed E-state index contributed by atoms with van der Waals surface area (Å²) in [5, 5.41) is 8.74. The Balaban J connectivity index is 1.77. The number of aromatic nitrogens is 3. The molecule has 112 valence electrons. The van der Waals surface area contributed by atoms with E-state index in [2.05, 4.69) is 22.1 Å². The second-order valence-corrected chi connectivity index (χ2v) is 6.10. The van der Waals surface area contributed by atoms with Gasteiger partial charge in [0.05, 0.1) is 18.3 Å². The van der Waals surface area contributed by atoms with E-state index in [4.69, 9.17) is 4.74 Å². The molecule has 1 saturated carbocycles. The highest BCUT2D eigenvalue weighted by Gasteiger charge is 2.33. The van der Waals surface area contributed by atoms with E-state index in [-0.39, 0.29) is 0 Å². The first-order valence-corrected chi connectivity index (χ1v) is 7.98. The van der Waals surface area contributed by atoms with Gasteiger partial charge in [0.1, 0.15) is 5.69 Å². The zero-order valence-corrected chi connectivity index (χ0v) is 12.7. The van der Waals surface area contributed by atoms with Crippen molar-refractivity contribution >= 4 is 0 Å². The molecule has 1 aliphatic carbocycles. The molecular formula is C15H26N4O. The Morgan fingerprint density at radius 1 is 1.30 bits per heavy atom. The summed E-state index contributed by atoms with van der Waals surface area (Å²) in [6.45, 7) is 6.08. The number of hydrogen-bond donors (Lipinski definition) is 0. The predicted octanol–water partition coefficient (Wildman–Crippen LogP) is 2.03. The third kappa shape index (κ3) is 2.61. The molecule has 0 bridgehead atoms. The normalized spacial score (nSPS) is 24.2. The lowest BCUT2D eigenvalue weighted by Gasteiger charge is -2.36. The molecule has 0 aromatic carbocycles. The Kier molecular flexibility index (Phi) is 4.36. The monoisotopic (exact) mass is 278 g/mol. The van der Waals surface area contributed by atoms with Gasteiger partial charge < -0.3 is 4.74 Å². The number of ether oxygens (including phenoxy) is 1. The van der Waals surface area contributed by atoms with Crippen molar-refractivity contribution in [1.82, 2.24) is 19.9 Å². The lowest BCUT2D eigenvalue weighted by Crippen LogP contribution is -2.40. The molecule has 1 aromatic rings. The van der Waals surface area contributed by atoms with E-state index >= 15 is 0 Å². The molecular weight excluding hydrogens is 252 g/mol. The van der Waals surface area contributed by atoms with Gasteiger partial charge >= 0.3 is 0 Å². The quantitative estimate of drug-likeness (QED) is 0.826. The molecule has 20 heavy (non-hydrogen) atoms. The van der Waals surface area contributed by atoms with E-state index in [1.807, 2.05) is 4.68 Å². The molecule has 2 heterocycles. The summed E-state index contributed by atoms with van der Waals surface area (Å²) in [4.78, 5) is 2.58. The van der Waals surface area contributed by atoms with Gasteiger partial charge in [0.25, 0.3) is 0 Å². The van der Waals surface area contributed by atoms with E-state index in [9.17, 15) is 0 Å². The smallest absolute Gasteiger partial charge is 0.105 e. The Hall–Kier alpha value is -0.940. The van der Waals surface area contributed by atoms with E-state index in [1.165, 1.54) is 37.9 Å². The largest absolute Gasteiger partial charge is 0.383 e. The molecule has 1 aromatic heterocycles. The number of fused-ring (bicyclic) bond motifs is 1. The molecule has 2 aliphatic rings. The molecule has 1 fully saturated rings. The van der Waals surface area contributed by atoms with Crippen molar-refractivity contribution in [1.29, 1.82) is 0 Å².